The van der Waals surface area contributed by atoms with Crippen molar-refractivity contribution in [2.24, 2.45) is 0 Å². The third-order valence-electron chi connectivity index (χ3n) is 3.64. The van der Waals surface area contributed by atoms with E-state index in [0.29, 0.717) is 5.57 Å². The van der Waals surface area contributed by atoms with Gasteiger partial charge in [-0.3, -0.25) is 0 Å². The van der Waals surface area contributed by atoms with Gasteiger partial charge in [-0.1, -0.05) is 0 Å². The fourth-order valence-corrected chi connectivity index (χ4v) is 2.16. The fraction of sp³-hybridized carbons (Fsp3) is 0.357. The van der Waals surface area contributed by atoms with Crippen molar-refractivity contribution in [3.63, 3.8) is 0 Å². The van der Waals surface area contributed by atoms with E-state index in [-0.39, 0.29) is 6.61 Å². The van der Waals surface area contributed by atoms with E-state index in [2.05, 4.69) is 13.8 Å². The molecular weight excluding hydrogens is 216 g/mol. The van der Waals surface area contributed by atoms with Crippen molar-refractivity contribution in [1.29, 1.82) is 0 Å². The quantitative estimate of drug-likeness (QED) is 0.809. The van der Waals surface area contributed by atoms with E-state index >= 15 is 0 Å². The number of hydrogen-bond donors (Lipinski definition) is 1. The zero-order valence-corrected chi connectivity index (χ0v) is 10.5. The lowest BCUT2D eigenvalue weighted by Gasteiger charge is -2.23. The van der Waals surface area contributed by atoms with E-state index in [1.54, 1.807) is 6.08 Å². The second-order valence-electron chi connectivity index (χ2n) is 4.51. The van der Waals surface area contributed by atoms with Crippen LogP contribution in [0.1, 0.15) is 27.8 Å². The SMILES string of the molecule is Cc1c(C)c(C)c2c(c1C)C=C(C(=O)O)CO2. The predicted octanol–water partition coefficient (Wildman–Crippen LogP) is 2.78. The molecule has 0 bridgehead atoms. The summed E-state index contributed by atoms with van der Waals surface area (Å²) >= 11 is 0. The number of aliphatic carboxylic acids is 1. The first-order valence-electron chi connectivity index (χ1n) is 5.60. The summed E-state index contributed by atoms with van der Waals surface area (Å²) in [6.07, 6.45) is 1.73. The highest BCUT2D eigenvalue weighted by molar-refractivity contribution is 5.94. The lowest BCUT2D eigenvalue weighted by Crippen LogP contribution is -2.16. The molecule has 1 aliphatic rings. The third-order valence-corrected chi connectivity index (χ3v) is 3.64. The van der Waals surface area contributed by atoms with Crippen LogP contribution in [0.5, 0.6) is 5.75 Å². The molecular formula is C14H16O3. The van der Waals surface area contributed by atoms with Gasteiger partial charge in [-0.15, -0.1) is 0 Å². The van der Waals surface area contributed by atoms with Gasteiger partial charge in [0.1, 0.15) is 12.4 Å². The van der Waals surface area contributed by atoms with E-state index in [1.165, 1.54) is 11.1 Å². The first-order valence-corrected chi connectivity index (χ1v) is 5.60. The molecule has 1 aromatic rings. The Morgan fingerprint density at radius 1 is 1.12 bits per heavy atom. The highest BCUT2D eigenvalue weighted by Gasteiger charge is 2.22. The molecule has 90 valence electrons. The summed E-state index contributed by atoms with van der Waals surface area (Å²) in [5, 5.41) is 9.00. The number of carboxylic acids is 1. The van der Waals surface area contributed by atoms with Crippen molar-refractivity contribution in [1.82, 2.24) is 0 Å². The minimum Gasteiger partial charge on any atom is -0.488 e. The van der Waals surface area contributed by atoms with Crippen LogP contribution in [-0.4, -0.2) is 17.7 Å². The van der Waals surface area contributed by atoms with Crippen molar-refractivity contribution >= 4 is 12.0 Å². The molecule has 0 aromatic heterocycles. The second-order valence-corrected chi connectivity index (χ2v) is 4.51. The van der Waals surface area contributed by atoms with Gasteiger partial charge in [0.05, 0.1) is 5.57 Å². The first-order chi connectivity index (χ1) is 7.93. The summed E-state index contributed by atoms with van der Waals surface area (Å²) in [4.78, 5) is 11.0. The molecule has 1 aromatic carbocycles. The van der Waals surface area contributed by atoms with E-state index in [0.717, 1.165) is 22.4 Å². The first kappa shape index (κ1) is 11.7. The monoisotopic (exact) mass is 232 g/mol. The fourth-order valence-electron chi connectivity index (χ4n) is 2.16. The van der Waals surface area contributed by atoms with Gasteiger partial charge in [-0.2, -0.15) is 0 Å². The molecule has 0 fully saturated rings. The van der Waals surface area contributed by atoms with Crippen molar-refractivity contribution in [2.45, 2.75) is 27.7 Å². The molecule has 0 atom stereocenters. The van der Waals surface area contributed by atoms with E-state index in [4.69, 9.17) is 9.84 Å². The van der Waals surface area contributed by atoms with Gasteiger partial charge in [0.2, 0.25) is 0 Å². The molecule has 0 saturated heterocycles. The Kier molecular flexibility index (Phi) is 2.69. The summed E-state index contributed by atoms with van der Waals surface area (Å²) in [6.45, 7) is 8.29. The molecule has 0 amide bonds. The van der Waals surface area contributed by atoms with Crippen molar-refractivity contribution in [2.75, 3.05) is 6.61 Å². The lowest BCUT2D eigenvalue weighted by atomic mass is 9.91. The van der Waals surface area contributed by atoms with Crippen LogP contribution in [0.3, 0.4) is 0 Å². The zero-order valence-electron chi connectivity index (χ0n) is 10.5. The van der Waals surface area contributed by atoms with Crippen molar-refractivity contribution in [3.05, 3.63) is 33.4 Å². The Morgan fingerprint density at radius 3 is 2.29 bits per heavy atom. The zero-order chi connectivity index (χ0) is 12.7. The summed E-state index contributed by atoms with van der Waals surface area (Å²) < 4.78 is 5.60. The van der Waals surface area contributed by atoms with Crippen molar-refractivity contribution in [3.8, 4) is 5.75 Å². The summed E-state index contributed by atoms with van der Waals surface area (Å²) in [5.41, 5.74) is 5.84. The molecule has 0 unspecified atom stereocenters. The Hall–Kier alpha value is -1.77. The van der Waals surface area contributed by atoms with Crippen LogP contribution < -0.4 is 4.74 Å². The van der Waals surface area contributed by atoms with Crippen LogP contribution in [0.15, 0.2) is 5.57 Å². The van der Waals surface area contributed by atoms with Crippen molar-refractivity contribution < 1.29 is 14.6 Å². The summed E-state index contributed by atoms with van der Waals surface area (Å²) in [5.74, 6) is -0.0819. The van der Waals surface area contributed by atoms with Crippen LogP contribution in [0, 0.1) is 27.7 Å². The smallest absolute Gasteiger partial charge is 0.335 e. The molecule has 0 radical (unpaired) electrons. The second kappa shape index (κ2) is 3.91. The van der Waals surface area contributed by atoms with Gasteiger partial charge in [0.25, 0.3) is 0 Å². The van der Waals surface area contributed by atoms with Crippen LogP contribution in [0.4, 0.5) is 0 Å². The number of carboxylic acid groups (broad SMARTS) is 1. The largest absolute Gasteiger partial charge is 0.488 e. The maximum Gasteiger partial charge on any atom is 0.335 e. The Balaban J connectivity index is 2.71. The third kappa shape index (κ3) is 1.71. The number of fused-ring (bicyclic) bond motifs is 1. The number of rotatable bonds is 1. The minimum atomic E-state index is -0.911. The molecule has 3 nitrogen and oxygen atoms in total. The number of ether oxygens (including phenoxy) is 1. The van der Waals surface area contributed by atoms with Gasteiger partial charge in [0.15, 0.2) is 0 Å². The summed E-state index contributed by atoms with van der Waals surface area (Å²) in [7, 11) is 0. The number of hydrogen-bond acceptors (Lipinski definition) is 2. The van der Waals surface area contributed by atoms with Crippen LogP contribution >= 0.6 is 0 Å². The number of carbonyl (C=O) groups is 1. The van der Waals surface area contributed by atoms with Gasteiger partial charge in [0, 0.05) is 5.56 Å². The lowest BCUT2D eigenvalue weighted by molar-refractivity contribution is -0.132. The maximum absolute atomic E-state index is 11.0. The summed E-state index contributed by atoms with van der Waals surface area (Å²) in [6, 6.07) is 0. The van der Waals surface area contributed by atoms with Gasteiger partial charge < -0.3 is 9.84 Å². The highest BCUT2D eigenvalue weighted by atomic mass is 16.5. The van der Waals surface area contributed by atoms with Gasteiger partial charge >= 0.3 is 5.97 Å². The Labute approximate surface area is 101 Å². The molecule has 0 aliphatic carbocycles. The Morgan fingerprint density at radius 2 is 1.71 bits per heavy atom. The standard InChI is InChI=1S/C14H16O3/c1-7-8(2)10(4)13-12(9(7)3)5-11(6-17-13)14(15)16/h5H,6H2,1-4H3,(H,15,16). The molecule has 0 spiro atoms. The predicted molar refractivity (Wildman–Crippen MR) is 66.5 cm³/mol. The van der Waals surface area contributed by atoms with Gasteiger partial charge in [-0.25, -0.2) is 4.79 Å². The molecule has 1 heterocycles. The molecule has 1 aliphatic heterocycles. The molecule has 1 N–H and O–H groups in total. The average molecular weight is 232 g/mol. The molecule has 3 heteroatoms. The van der Waals surface area contributed by atoms with Crippen LogP contribution in [0.25, 0.3) is 6.08 Å². The topological polar surface area (TPSA) is 46.5 Å². The Bertz CT molecular complexity index is 539. The molecule has 0 saturated carbocycles. The average Bonchev–Trinajstić information content (AvgIpc) is 2.32. The highest BCUT2D eigenvalue weighted by Crippen LogP contribution is 2.36. The van der Waals surface area contributed by atoms with E-state index in [1.807, 2.05) is 13.8 Å². The van der Waals surface area contributed by atoms with Crippen LogP contribution in [-0.2, 0) is 4.79 Å². The number of benzene rings is 1. The normalized spacial score (nSPS) is 13.8. The van der Waals surface area contributed by atoms with Crippen LogP contribution in [0.2, 0.25) is 0 Å². The minimum absolute atomic E-state index is 0.144. The molecule has 2 rings (SSSR count). The van der Waals surface area contributed by atoms with E-state index in [9.17, 15) is 4.79 Å². The van der Waals surface area contributed by atoms with Gasteiger partial charge in [-0.05, 0) is 56.0 Å². The van der Waals surface area contributed by atoms with E-state index < -0.39 is 5.97 Å². The maximum atomic E-state index is 11.0. The molecule has 17 heavy (non-hydrogen) atoms.